The number of amides is 1. The van der Waals surface area contributed by atoms with E-state index in [-0.39, 0.29) is 6.09 Å². The van der Waals surface area contributed by atoms with Crippen molar-refractivity contribution < 1.29 is 9.53 Å². The third-order valence-electron chi connectivity index (χ3n) is 3.49. The molecule has 0 bridgehead atoms. The summed E-state index contributed by atoms with van der Waals surface area (Å²) in [4.78, 5) is 18.1. The van der Waals surface area contributed by atoms with Gasteiger partial charge in [-0.25, -0.2) is 9.78 Å². The highest BCUT2D eigenvalue weighted by atomic mass is 32.2. The van der Waals surface area contributed by atoms with Gasteiger partial charge in [-0.2, -0.15) is 0 Å². The molecule has 1 aromatic heterocycles. The van der Waals surface area contributed by atoms with Crippen molar-refractivity contribution >= 4 is 17.9 Å². The summed E-state index contributed by atoms with van der Waals surface area (Å²) >= 11 is 1.80. The van der Waals surface area contributed by atoms with Crippen LogP contribution >= 0.6 is 11.8 Å². The lowest BCUT2D eigenvalue weighted by Gasteiger charge is -2.33. The molecule has 0 radical (unpaired) electrons. The fourth-order valence-corrected chi connectivity index (χ4v) is 3.41. The predicted octanol–water partition coefficient (Wildman–Crippen LogP) is 3.16. The third-order valence-corrected chi connectivity index (χ3v) is 4.78. The largest absolute Gasteiger partial charge is 0.444 e. The van der Waals surface area contributed by atoms with Gasteiger partial charge >= 0.3 is 6.09 Å². The van der Waals surface area contributed by atoms with Crippen LogP contribution in [-0.4, -0.2) is 45.0 Å². The van der Waals surface area contributed by atoms with Crippen LogP contribution in [0, 0.1) is 5.92 Å². The van der Waals surface area contributed by atoms with Crippen molar-refractivity contribution in [3.63, 3.8) is 0 Å². The van der Waals surface area contributed by atoms with E-state index in [9.17, 15) is 4.79 Å². The van der Waals surface area contributed by atoms with E-state index >= 15 is 0 Å². The summed E-state index contributed by atoms with van der Waals surface area (Å²) in [7, 11) is 2.01. The molecule has 1 fully saturated rings. The molecule has 0 atom stereocenters. The molecule has 0 aromatic carbocycles. The first kappa shape index (κ1) is 16.2. The van der Waals surface area contributed by atoms with Crippen molar-refractivity contribution in [2.75, 3.05) is 18.8 Å². The Balaban J connectivity index is 1.73. The van der Waals surface area contributed by atoms with Crippen LogP contribution in [0.3, 0.4) is 0 Å². The first-order valence-electron chi connectivity index (χ1n) is 7.43. The van der Waals surface area contributed by atoms with Gasteiger partial charge < -0.3 is 14.2 Å². The smallest absolute Gasteiger partial charge is 0.410 e. The normalized spacial score (nSPS) is 17.0. The number of hydrogen-bond acceptors (Lipinski definition) is 4. The van der Waals surface area contributed by atoms with E-state index in [2.05, 4.69) is 4.98 Å². The topological polar surface area (TPSA) is 47.4 Å². The average Bonchev–Trinajstić information content (AvgIpc) is 2.80. The summed E-state index contributed by atoms with van der Waals surface area (Å²) in [6.45, 7) is 7.30. The summed E-state index contributed by atoms with van der Waals surface area (Å²) in [6.07, 6.45) is 5.69. The van der Waals surface area contributed by atoms with Crippen molar-refractivity contribution in [2.45, 2.75) is 44.4 Å². The maximum Gasteiger partial charge on any atom is 0.410 e. The zero-order valence-electron chi connectivity index (χ0n) is 13.3. The van der Waals surface area contributed by atoms with Crippen LogP contribution < -0.4 is 0 Å². The fourth-order valence-electron chi connectivity index (χ4n) is 2.29. The van der Waals surface area contributed by atoms with E-state index in [0.717, 1.165) is 36.8 Å². The second kappa shape index (κ2) is 6.73. The van der Waals surface area contributed by atoms with Gasteiger partial charge in [-0.1, -0.05) is 11.8 Å². The maximum atomic E-state index is 12.0. The van der Waals surface area contributed by atoms with Crippen LogP contribution in [0.25, 0.3) is 0 Å². The van der Waals surface area contributed by atoms with Crippen LogP contribution in [0.4, 0.5) is 4.79 Å². The Morgan fingerprint density at radius 3 is 2.62 bits per heavy atom. The van der Waals surface area contributed by atoms with E-state index in [1.165, 1.54) is 0 Å². The maximum absolute atomic E-state index is 12.0. The number of hydrogen-bond donors (Lipinski definition) is 0. The van der Waals surface area contributed by atoms with Gasteiger partial charge in [-0.05, 0) is 39.5 Å². The van der Waals surface area contributed by atoms with Gasteiger partial charge in [0, 0.05) is 38.3 Å². The number of thioether (sulfide) groups is 1. The van der Waals surface area contributed by atoms with E-state index in [0.29, 0.717) is 5.92 Å². The van der Waals surface area contributed by atoms with Crippen molar-refractivity contribution in [1.29, 1.82) is 0 Å². The Morgan fingerprint density at radius 1 is 1.43 bits per heavy atom. The van der Waals surface area contributed by atoms with Crippen molar-refractivity contribution in [3.8, 4) is 0 Å². The molecular formula is C15H25N3O2S. The molecule has 1 saturated heterocycles. The Kier molecular flexibility index (Phi) is 5.19. The van der Waals surface area contributed by atoms with Gasteiger partial charge in [0.1, 0.15) is 5.60 Å². The Labute approximate surface area is 131 Å². The quantitative estimate of drug-likeness (QED) is 0.805. The molecule has 5 nitrogen and oxygen atoms in total. The summed E-state index contributed by atoms with van der Waals surface area (Å²) in [5, 5.41) is 1.06. The van der Waals surface area contributed by atoms with Gasteiger partial charge in [0.05, 0.1) is 0 Å². The molecule has 6 heteroatoms. The van der Waals surface area contributed by atoms with Crippen molar-refractivity contribution in [2.24, 2.45) is 13.0 Å². The molecule has 0 N–H and O–H groups in total. The van der Waals surface area contributed by atoms with Gasteiger partial charge in [0.15, 0.2) is 5.16 Å². The van der Waals surface area contributed by atoms with Gasteiger partial charge in [0.25, 0.3) is 0 Å². The Morgan fingerprint density at radius 2 is 2.10 bits per heavy atom. The molecule has 21 heavy (non-hydrogen) atoms. The molecule has 1 aliphatic rings. The number of carbonyl (C=O) groups is 1. The summed E-state index contributed by atoms with van der Waals surface area (Å²) in [6, 6.07) is 0. The number of rotatable bonds is 3. The molecule has 0 unspecified atom stereocenters. The lowest BCUT2D eigenvalue weighted by atomic mass is 9.99. The number of likely N-dealkylation sites (tertiary alicyclic amines) is 1. The molecule has 1 amide bonds. The van der Waals surface area contributed by atoms with E-state index in [1.807, 2.05) is 49.7 Å². The minimum atomic E-state index is -0.415. The lowest BCUT2D eigenvalue weighted by Crippen LogP contribution is -2.42. The number of aromatic nitrogens is 2. The summed E-state index contributed by atoms with van der Waals surface area (Å²) in [5.74, 6) is 1.71. The second-order valence-corrected chi connectivity index (χ2v) is 7.53. The number of nitrogens with zero attached hydrogens (tertiary/aromatic N) is 3. The van der Waals surface area contributed by atoms with E-state index in [1.54, 1.807) is 11.8 Å². The minimum absolute atomic E-state index is 0.183. The third kappa shape index (κ3) is 4.95. The SMILES string of the molecule is Cn1ccnc1SCC1CCN(C(=O)OC(C)(C)C)CC1. The number of aryl methyl sites for hydroxylation is 1. The molecular weight excluding hydrogens is 286 g/mol. The number of carbonyl (C=O) groups excluding carboxylic acids is 1. The number of piperidine rings is 1. The number of ether oxygens (including phenoxy) is 1. The monoisotopic (exact) mass is 311 g/mol. The fraction of sp³-hybridized carbons (Fsp3) is 0.733. The Hall–Kier alpha value is -1.17. The molecule has 2 rings (SSSR count). The van der Waals surface area contributed by atoms with Gasteiger partial charge in [-0.15, -0.1) is 0 Å². The van der Waals surface area contributed by atoms with Crippen LogP contribution in [0.15, 0.2) is 17.6 Å². The zero-order chi connectivity index (χ0) is 15.5. The highest BCUT2D eigenvalue weighted by Crippen LogP contribution is 2.26. The molecule has 118 valence electrons. The first-order chi connectivity index (χ1) is 9.85. The van der Waals surface area contributed by atoms with Crippen molar-refractivity contribution in [3.05, 3.63) is 12.4 Å². The molecule has 2 heterocycles. The van der Waals surface area contributed by atoms with Gasteiger partial charge in [0.2, 0.25) is 0 Å². The molecule has 1 aliphatic heterocycles. The molecule has 1 aromatic rings. The van der Waals surface area contributed by atoms with Crippen LogP contribution in [0.5, 0.6) is 0 Å². The highest BCUT2D eigenvalue weighted by molar-refractivity contribution is 7.99. The molecule has 0 aliphatic carbocycles. The lowest BCUT2D eigenvalue weighted by molar-refractivity contribution is 0.0191. The molecule has 0 spiro atoms. The van der Waals surface area contributed by atoms with Crippen LogP contribution in [0.1, 0.15) is 33.6 Å². The zero-order valence-corrected chi connectivity index (χ0v) is 14.2. The first-order valence-corrected chi connectivity index (χ1v) is 8.42. The molecule has 0 saturated carbocycles. The van der Waals surface area contributed by atoms with Crippen LogP contribution in [-0.2, 0) is 11.8 Å². The van der Waals surface area contributed by atoms with Gasteiger partial charge in [-0.3, -0.25) is 0 Å². The minimum Gasteiger partial charge on any atom is -0.444 e. The second-order valence-electron chi connectivity index (χ2n) is 6.54. The highest BCUT2D eigenvalue weighted by Gasteiger charge is 2.26. The predicted molar refractivity (Wildman–Crippen MR) is 84.5 cm³/mol. The average molecular weight is 311 g/mol. The number of imidazole rings is 1. The van der Waals surface area contributed by atoms with Crippen molar-refractivity contribution in [1.82, 2.24) is 14.5 Å². The standard InChI is InChI=1S/C15H25N3O2S/c1-15(2,3)20-14(19)18-8-5-12(6-9-18)11-21-13-16-7-10-17(13)4/h7,10,12H,5-6,8-9,11H2,1-4H3. The Bertz CT molecular complexity index is 474. The summed E-state index contributed by atoms with van der Waals surface area (Å²) < 4.78 is 7.46. The summed E-state index contributed by atoms with van der Waals surface area (Å²) in [5.41, 5.74) is -0.415. The van der Waals surface area contributed by atoms with E-state index < -0.39 is 5.60 Å². The van der Waals surface area contributed by atoms with E-state index in [4.69, 9.17) is 4.74 Å². The van der Waals surface area contributed by atoms with Crippen LogP contribution in [0.2, 0.25) is 0 Å².